The molecule has 136 valence electrons. The Kier molecular flexibility index (Phi) is 5.70. The standard InChI is InChI=1S/C18H19ClN4O3/c19-14-5-1-2-6-15(14)20-18(24)13-21-9-11-22(12-10-21)16-7-3-4-8-17(16)23(25)26/h1-8H,9-13H2,(H,20,24). The minimum absolute atomic E-state index is 0.109. The summed E-state index contributed by atoms with van der Waals surface area (Å²) in [6.45, 7) is 2.83. The molecule has 8 heteroatoms. The summed E-state index contributed by atoms with van der Waals surface area (Å²) in [5.74, 6) is -0.128. The third kappa shape index (κ3) is 4.30. The minimum Gasteiger partial charge on any atom is -0.363 e. The predicted octanol–water partition coefficient (Wildman–Crippen LogP) is 3.01. The first kappa shape index (κ1) is 18.2. The molecule has 0 radical (unpaired) electrons. The van der Waals surface area contributed by atoms with Gasteiger partial charge in [0.1, 0.15) is 5.69 Å². The van der Waals surface area contributed by atoms with Gasteiger partial charge in [0.15, 0.2) is 0 Å². The quantitative estimate of drug-likeness (QED) is 0.643. The van der Waals surface area contributed by atoms with Crippen LogP contribution in [0.2, 0.25) is 5.02 Å². The van der Waals surface area contributed by atoms with Gasteiger partial charge in [0.05, 0.1) is 22.2 Å². The lowest BCUT2D eigenvalue weighted by molar-refractivity contribution is -0.384. The summed E-state index contributed by atoms with van der Waals surface area (Å²) >= 11 is 6.05. The lowest BCUT2D eigenvalue weighted by Gasteiger charge is -2.35. The molecule has 0 saturated carbocycles. The SMILES string of the molecule is O=C(CN1CCN(c2ccccc2[N+](=O)[O-])CC1)Nc1ccccc1Cl. The molecule has 3 rings (SSSR count). The molecule has 0 spiro atoms. The first-order valence-corrected chi connectivity index (χ1v) is 8.67. The summed E-state index contributed by atoms with van der Waals surface area (Å²) in [6.07, 6.45) is 0. The van der Waals surface area contributed by atoms with Gasteiger partial charge >= 0.3 is 0 Å². The third-order valence-electron chi connectivity index (χ3n) is 4.31. The van der Waals surface area contributed by atoms with Crippen LogP contribution in [0.25, 0.3) is 0 Å². The van der Waals surface area contributed by atoms with Crippen LogP contribution in [-0.2, 0) is 4.79 Å². The van der Waals surface area contributed by atoms with Crippen LogP contribution in [0, 0.1) is 10.1 Å². The van der Waals surface area contributed by atoms with E-state index in [0.717, 1.165) is 0 Å². The average molecular weight is 375 g/mol. The average Bonchev–Trinajstić information content (AvgIpc) is 2.64. The van der Waals surface area contributed by atoms with Crippen molar-refractivity contribution >= 4 is 34.6 Å². The molecule has 2 aromatic rings. The van der Waals surface area contributed by atoms with E-state index in [2.05, 4.69) is 5.32 Å². The molecule has 1 saturated heterocycles. The van der Waals surface area contributed by atoms with Gasteiger partial charge in [-0.1, -0.05) is 35.9 Å². The molecule has 0 unspecified atom stereocenters. The lowest BCUT2D eigenvalue weighted by Crippen LogP contribution is -2.48. The van der Waals surface area contributed by atoms with Crippen LogP contribution in [0.4, 0.5) is 17.1 Å². The maximum atomic E-state index is 12.2. The number of halogens is 1. The number of rotatable bonds is 5. The number of amides is 1. The second-order valence-electron chi connectivity index (χ2n) is 6.04. The van der Waals surface area contributed by atoms with Gasteiger partial charge in [-0.2, -0.15) is 0 Å². The van der Waals surface area contributed by atoms with E-state index in [1.54, 1.807) is 36.4 Å². The molecular formula is C18H19ClN4O3. The number of nitrogens with one attached hydrogen (secondary N) is 1. The van der Waals surface area contributed by atoms with Gasteiger partial charge in [0, 0.05) is 32.2 Å². The summed E-state index contributed by atoms with van der Waals surface area (Å²) in [5, 5.41) is 14.5. The minimum atomic E-state index is -0.362. The maximum absolute atomic E-state index is 12.2. The zero-order chi connectivity index (χ0) is 18.5. The molecule has 0 aliphatic carbocycles. The number of anilines is 2. The first-order chi connectivity index (χ1) is 12.5. The largest absolute Gasteiger partial charge is 0.363 e. The molecule has 0 atom stereocenters. The predicted molar refractivity (Wildman–Crippen MR) is 102 cm³/mol. The van der Waals surface area contributed by atoms with Gasteiger partial charge in [-0.05, 0) is 18.2 Å². The van der Waals surface area contributed by atoms with Crippen LogP contribution in [0.3, 0.4) is 0 Å². The van der Waals surface area contributed by atoms with Crippen molar-refractivity contribution in [2.75, 3.05) is 42.9 Å². The Morgan fingerprint density at radius 2 is 1.73 bits per heavy atom. The van der Waals surface area contributed by atoms with Gasteiger partial charge in [-0.3, -0.25) is 19.8 Å². The van der Waals surface area contributed by atoms with E-state index in [0.29, 0.717) is 42.6 Å². The molecule has 1 amide bonds. The highest BCUT2D eigenvalue weighted by atomic mass is 35.5. The molecule has 0 bridgehead atoms. The Morgan fingerprint density at radius 1 is 1.08 bits per heavy atom. The molecule has 1 aliphatic rings. The van der Waals surface area contributed by atoms with E-state index in [1.807, 2.05) is 15.9 Å². The molecule has 1 aliphatic heterocycles. The number of carbonyl (C=O) groups excluding carboxylic acids is 1. The number of para-hydroxylation sites is 3. The van der Waals surface area contributed by atoms with Crippen LogP contribution in [0.1, 0.15) is 0 Å². The van der Waals surface area contributed by atoms with Crippen LogP contribution < -0.4 is 10.2 Å². The highest BCUT2D eigenvalue weighted by Crippen LogP contribution is 2.28. The van der Waals surface area contributed by atoms with Crippen LogP contribution in [0.5, 0.6) is 0 Å². The number of piperazine rings is 1. The normalized spacial score (nSPS) is 14.9. The number of carbonyl (C=O) groups is 1. The Bertz CT molecular complexity index is 807. The van der Waals surface area contributed by atoms with Gasteiger partial charge in [-0.25, -0.2) is 0 Å². The molecule has 2 aromatic carbocycles. The molecular weight excluding hydrogens is 356 g/mol. The van der Waals surface area contributed by atoms with Crippen molar-refractivity contribution < 1.29 is 9.72 Å². The van der Waals surface area contributed by atoms with Gasteiger partial charge in [0.2, 0.25) is 5.91 Å². The maximum Gasteiger partial charge on any atom is 0.292 e. The molecule has 7 nitrogen and oxygen atoms in total. The first-order valence-electron chi connectivity index (χ1n) is 8.29. The van der Waals surface area contributed by atoms with Crippen molar-refractivity contribution in [3.05, 3.63) is 63.7 Å². The van der Waals surface area contributed by atoms with Crippen molar-refractivity contribution in [3.63, 3.8) is 0 Å². The van der Waals surface area contributed by atoms with Gasteiger partial charge in [0.25, 0.3) is 5.69 Å². The summed E-state index contributed by atoms with van der Waals surface area (Å²) in [4.78, 5) is 27.0. The van der Waals surface area contributed by atoms with E-state index >= 15 is 0 Å². The van der Waals surface area contributed by atoms with E-state index in [4.69, 9.17) is 11.6 Å². The number of nitrogens with zero attached hydrogens (tertiary/aromatic N) is 3. The van der Waals surface area contributed by atoms with Crippen LogP contribution >= 0.6 is 11.6 Å². The number of nitro benzene ring substituents is 1. The number of hydrogen-bond donors (Lipinski definition) is 1. The fourth-order valence-electron chi connectivity index (χ4n) is 2.99. The van der Waals surface area contributed by atoms with Crippen molar-refractivity contribution in [3.8, 4) is 0 Å². The fourth-order valence-corrected chi connectivity index (χ4v) is 3.17. The van der Waals surface area contributed by atoms with Crippen molar-refractivity contribution in [1.29, 1.82) is 0 Å². The van der Waals surface area contributed by atoms with Gasteiger partial charge < -0.3 is 10.2 Å². The van der Waals surface area contributed by atoms with E-state index in [-0.39, 0.29) is 23.1 Å². The monoisotopic (exact) mass is 374 g/mol. The summed E-state index contributed by atoms with van der Waals surface area (Å²) < 4.78 is 0. The van der Waals surface area contributed by atoms with Crippen LogP contribution in [0.15, 0.2) is 48.5 Å². The van der Waals surface area contributed by atoms with Crippen molar-refractivity contribution in [2.24, 2.45) is 0 Å². The molecule has 26 heavy (non-hydrogen) atoms. The zero-order valence-corrected chi connectivity index (χ0v) is 14.9. The van der Waals surface area contributed by atoms with E-state index < -0.39 is 0 Å². The Morgan fingerprint density at radius 3 is 2.42 bits per heavy atom. The number of nitro groups is 1. The number of benzene rings is 2. The molecule has 1 fully saturated rings. The third-order valence-corrected chi connectivity index (χ3v) is 4.64. The summed E-state index contributed by atoms with van der Waals surface area (Å²) in [5.41, 5.74) is 1.33. The summed E-state index contributed by atoms with van der Waals surface area (Å²) in [6, 6.07) is 13.8. The zero-order valence-electron chi connectivity index (χ0n) is 14.1. The second kappa shape index (κ2) is 8.16. The number of hydrogen-bond acceptors (Lipinski definition) is 5. The molecule has 1 N–H and O–H groups in total. The Labute approximate surface area is 156 Å². The van der Waals surface area contributed by atoms with E-state index in [9.17, 15) is 14.9 Å². The molecule has 1 heterocycles. The summed E-state index contributed by atoms with van der Waals surface area (Å²) in [7, 11) is 0. The van der Waals surface area contributed by atoms with Crippen LogP contribution in [-0.4, -0.2) is 48.5 Å². The second-order valence-corrected chi connectivity index (χ2v) is 6.44. The highest BCUT2D eigenvalue weighted by molar-refractivity contribution is 6.33. The topological polar surface area (TPSA) is 78.7 Å². The van der Waals surface area contributed by atoms with Gasteiger partial charge in [-0.15, -0.1) is 0 Å². The molecule has 0 aromatic heterocycles. The smallest absolute Gasteiger partial charge is 0.292 e. The Balaban J connectivity index is 1.55. The Hall–Kier alpha value is -2.64. The van der Waals surface area contributed by atoms with Crippen molar-refractivity contribution in [1.82, 2.24) is 4.90 Å². The fraction of sp³-hybridized carbons (Fsp3) is 0.278. The van der Waals surface area contributed by atoms with E-state index in [1.165, 1.54) is 6.07 Å². The highest BCUT2D eigenvalue weighted by Gasteiger charge is 2.24. The van der Waals surface area contributed by atoms with Crippen molar-refractivity contribution in [2.45, 2.75) is 0 Å². The lowest BCUT2D eigenvalue weighted by atomic mass is 10.2.